The monoisotopic (exact) mass is 558 g/mol. The van der Waals surface area contributed by atoms with Crippen molar-refractivity contribution in [2.45, 2.75) is 38.0 Å². The Morgan fingerprint density at radius 3 is 2.38 bits per heavy atom. The number of nitrogens with two attached hydrogens (primary N) is 1. The van der Waals surface area contributed by atoms with Crippen LogP contribution in [0.15, 0.2) is 28.7 Å². The molecule has 3 aliphatic carbocycles. The molecular weight excluding hydrogens is 524 g/mol. The van der Waals surface area contributed by atoms with Crippen LogP contribution in [0.5, 0.6) is 5.75 Å². The third-order valence-corrected chi connectivity index (χ3v) is 7.96. The van der Waals surface area contributed by atoms with Gasteiger partial charge in [-0.1, -0.05) is 0 Å². The Morgan fingerprint density at radius 1 is 1.18 bits per heavy atom. The predicted molar refractivity (Wildman–Crippen MR) is 142 cm³/mol. The number of primary amides is 1. The molecule has 7 N–H and O–H groups in total. The minimum atomic E-state index is -2.71. The normalized spacial score (nSPS) is 25.8. The number of phenolic OH excluding ortho intramolecular Hbond substituents is 1. The molecule has 0 aromatic heterocycles. The van der Waals surface area contributed by atoms with Crippen LogP contribution in [-0.4, -0.2) is 95.3 Å². The maximum absolute atomic E-state index is 14.0. The number of rotatable bonds is 6. The van der Waals surface area contributed by atoms with E-state index >= 15 is 0 Å². The summed E-state index contributed by atoms with van der Waals surface area (Å²) < 4.78 is 4.86. The molecule has 2 amide bonds. The molecule has 4 rings (SSSR count). The smallest absolute Gasteiger partial charge is 0.407 e. The highest BCUT2D eigenvalue weighted by atomic mass is 16.5. The van der Waals surface area contributed by atoms with Crippen LogP contribution in [0.1, 0.15) is 34.8 Å². The first-order chi connectivity index (χ1) is 18.7. The summed E-state index contributed by atoms with van der Waals surface area (Å²) in [4.78, 5) is 54.6. The summed E-state index contributed by atoms with van der Waals surface area (Å²) in [5, 5.41) is 47.7. The lowest BCUT2D eigenvalue weighted by atomic mass is 9.58. The number of aromatic hydroxyl groups is 1. The van der Waals surface area contributed by atoms with E-state index in [1.165, 1.54) is 4.90 Å². The van der Waals surface area contributed by atoms with E-state index in [0.717, 1.165) is 0 Å². The Morgan fingerprint density at radius 2 is 1.82 bits per heavy atom. The van der Waals surface area contributed by atoms with Crippen molar-refractivity contribution < 1.29 is 44.3 Å². The van der Waals surface area contributed by atoms with Gasteiger partial charge in [-0.15, -0.1) is 0 Å². The van der Waals surface area contributed by atoms with Crippen LogP contribution in [0.2, 0.25) is 0 Å². The number of hydrogen-bond acceptors (Lipinski definition) is 11. The van der Waals surface area contributed by atoms with Gasteiger partial charge in [0.05, 0.1) is 18.2 Å². The highest BCUT2D eigenvalue weighted by molar-refractivity contribution is 6.25. The van der Waals surface area contributed by atoms with Gasteiger partial charge < -0.3 is 41.1 Å². The maximum atomic E-state index is 14.0. The second-order valence-electron chi connectivity index (χ2n) is 10.7. The quantitative estimate of drug-likeness (QED) is 0.264. The molecule has 13 nitrogen and oxygen atoms in total. The molecule has 1 aromatic rings. The number of ketones is 2. The maximum Gasteiger partial charge on any atom is 0.407 e. The third-order valence-electron chi connectivity index (χ3n) is 7.96. The molecule has 13 heteroatoms. The Labute approximate surface area is 230 Å². The van der Waals surface area contributed by atoms with E-state index in [1.807, 2.05) is 0 Å². The molecule has 0 bridgehead atoms. The standard InChI is InChI=1S/C27H34N4O9/c1-6-40-26(38)29-10-12-9-15(30(2)3)13-7-11-8-14-19(31(4)5)22(34)18(25(28)37)24(36)27(14,39)23(35)16(11)21(33)17(13)20(12)32/h9,11,14,19,32,34-35,39H,6-8,10H2,1-5H3,(H2,28,37)(H,29,38)/t11-,14-,19-,27-/m0/s1. The number of nitrogens with one attached hydrogen (secondary N) is 1. The van der Waals surface area contributed by atoms with Crippen molar-refractivity contribution in [3.05, 3.63) is 45.4 Å². The number of ether oxygens (including phenoxy) is 1. The van der Waals surface area contributed by atoms with E-state index in [-0.39, 0.29) is 42.7 Å². The van der Waals surface area contributed by atoms with Crippen LogP contribution in [0.25, 0.3) is 0 Å². The number of likely N-dealkylation sites (N-methyl/N-ethyl adjacent to an activating group) is 1. The van der Waals surface area contributed by atoms with Gasteiger partial charge in [-0.05, 0) is 51.4 Å². The molecular formula is C27H34N4O9. The van der Waals surface area contributed by atoms with Gasteiger partial charge in [-0.2, -0.15) is 0 Å². The molecule has 216 valence electrons. The number of carbonyl (C=O) groups is 4. The van der Waals surface area contributed by atoms with Crippen molar-refractivity contribution in [3.63, 3.8) is 0 Å². The van der Waals surface area contributed by atoms with Crippen molar-refractivity contribution in [2.75, 3.05) is 39.7 Å². The number of Topliss-reactive ketones (excluding diaryl/α,β-unsaturated/α-hetero) is 2. The lowest BCUT2D eigenvalue weighted by molar-refractivity contribution is -0.148. The lowest BCUT2D eigenvalue weighted by Crippen LogP contribution is -2.63. The first-order valence-corrected chi connectivity index (χ1v) is 12.8. The number of allylic oxidation sites excluding steroid dienone is 1. The van der Waals surface area contributed by atoms with E-state index in [0.29, 0.717) is 11.3 Å². The average Bonchev–Trinajstić information content (AvgIpc) is 2.85. The fourth-order valence-electron chi connectivity index (χ4n) is 6.24. The zero-order chi connectivity index (χ0) is 29.8. The second kappa shape index (κ2) is 10.1. The van der Waals surface area contributed by atoms with Crippen molar-refractivity contribution in [1.29, 1.82) is 0 Å². The number of aliphatic hydroxyl groups is 3. The van der Waals surface area contributed by atoms with Crippen LogP contribution in [0.4, 0.5) is 10.5 Å². The summed E-state index contributed by atoms with van der Waals surface area (Å²) in [6, 6.07) is 0.574. The molecule has 0 fully saturated rings. The van der Waals surface area contributed by atoms with Crippen LogP contribution in [-0.2, 0) is 27.3 Å². The number of hydrogen-bond donors (Lipinski definition) is 6. The van der Waals surface area contributed by atoms with Crippen LogP contribution < -0.4 is 16.0 Å². The number of alkyl carbamates (subject to hydrolysis) is 1. The van der Waals surface area contributed by atoms with Gasteiger partial charge in [0.15, 0.2) is 11.4 Å². The molecule has 0 spiro atoms. The largest absolute Gasteiger partial charge is 0.510 e. The number of amides is 2. The van der Waals surface area contributed by atoms with Gasteiger partial charge in [0.1, 0.15) is 22.8 Å². The van der Waals surface area contributed by atoms with E-state index in [9.17, 15) is 39.6 Å². The van der Waals surface area contributed by atoms with Crippen molar-refractivity contribution in [3.8, 4) is 5.75 Å². The molecule has 0 heterocycles. The number of anilines is 1. The Balaban J connectivity index is 1.90. The zero-order valence-corrected chi connectivity index (χ0v) is 22.9. The molecule has 0 unspecified atom stereocenters. The van der Waals surface area contributed by atoms with Crippen LogP contribution in [0.3, 0.4) is 0 Å². The summed E-state index contributed by atoms with van der Waals surface area (Å²) in [7, 11) is 6.64. The van der Waals surface area contributed by atoms with Gasteiger partial charge in [0.2, 0.25) is 5.78 Å². The first kappa shape index (κ1) is 28.9. The molecule has 4 atom stereocenters. The Bertz CT molecular complexity index is 1380. The fourth-order valence-corrected chi connectivity index (χ4v) is 6.24. The minimum absolute atomic E-state index is 0.00838. The minimum Gasteiger partial charge on any atom is -0.510 e. The molecule has 1 aromatic carbocycles. The van der Waals surface area contributed by atoms with E-state index < -0.39 is 69.9 Å². The van der Waals surface area contributed by atoms with Gasteiger partial charge in [-0.3, -0.25) is 19.3 Å². The van der Waals surface area contributed by atoms with Crippen LogP contribution in [0, 0.1) is 11.8 Å². The molecule has 0 saturated heterocycles. The number of nitrogens with zero attached hydrogens (tertiary/aromatic N) is 2. The van der Waals surface area contributed by atoms with Crippen molar-refractivity contribution in [2.24, 2.45) is 17.6 Å². The average molecular weight is 559 g/mol. The lowest BCUT2D eigenvalue weighted by Gasteiger charge is -2.50. The van der Waals surface area contributed by atoms with Gasteiger partial charge >= 0.3 is 6.09 Å². The molecule has 40 heavy (non-hydrogen) atoms. The summed E-state index contributed by atoms with van der Waals surface area (Å²) in [6.07, 6.45) is -0.571. The predicted octanol–water partition coefficient (Wildman–Crippen LogP) is 0.433. The van der Waals surface area contributed by atoms with Crippen LogP contribution >= 0.6 is 0 Å². The Hall–Kier alpha value is -4.10. The number of benzene rings is 1. The van der Waals surface area contributed by atoms with Gasteiger partial charge in [0, 0.05) is 43.4 Å². The van der Waals surface area contributed by atoms with E-state index in [1.54, 1.807) is 46.1 Å². The number of phenols is 1. The van der Waals surface area contributed by atoms with Crippen molar-refractivity contribution >= 4 is 29.3 Å². The topological polar surface area (TPSA) is 203 Å². The summed E-state index contributed by atoms with van der Waals surface area (Å²) in [6.45, 7) is 1.61. The third kappa shape index (κ3) is 4.16. The summed E-state index contributed by atoms with van der Waals surface area (Å²) >= 11 is 0. The summed E-state index contributed by atoms with van der Waals surface area (Å²) in [5.41, 5.74) is 2.68. The number of fused-ring (bicyclic) bond motifs is 3. The first-order valence-electron chi connectivity index (χ1n) is 12.8. The highest BCUT2D eigenvalue weighted by Crippen LogP contribution is 2.53. The molecule has 0 saturated carbocycles. The number of carbonyl (C=O) groups excluding carboxylic acids is 4. The Kier molecular flexibility index (Phi) is 7.32. The summed E-state index contributed by atoms with van der Waals surface area (Å²) in [5.74, 6) is -7.17. The van der Waals surface area contributed by atoms with E-state index in [2.05, 4.69) is 5.32 Å². The zero-order valence-electron chi connectivity index (χ0n) is 22.9. The van der Waals surface area contributed by atoms with Gasteiger partial charge in [0.25, 0.3) is 5.91 Å². The second-order valence-corrected chi connectivity index (χ2v) is 10.7. The van der Waals surface area contributed by atoms with E-state index in [4.69, 9.17) is 10.5 Å². The van der Waals surface area contributed by atoms with Crippen molar-refractivity contribution in [1.82, 2.24) is 10.2 Å². The highest BCUT2D eigenvalue weighted by Gasteiger charge is 2.63. The fraction of sp³-hybridized carbons (Fsp3) is 0.481. The molecule has 3 aliphatic rings. The molecule has 0 aliphatic heterocycles. The molecule has 0 radical (unpaired) electrons. The SMILES string of the molecule is CCOC(=O)NCc1cc(N(C)C)c2c(c1O)C(=O)C1=C(O)[C@]3(O)C(=O)C(C(N)=O)=C(O)[C@@H](N(C)C)[C@@H]3C[C@@H]1C2. The van der Waals surface area contributed by atoms with Gasteiger partial charge in [-0.25, -0.2) is 4.79 Å². The number of aliphatic hydroxyl groups excluding tert-OH is 2.